The predicted molar refractivity (Wildman–Crippen MR) is 81.8 cm³/mol. The summed E-state index contributed by atoms with van der Waals surface area (Å²) >= 11 is 3.43. The van der Waals surface area contributed by atoms with Gasteiger partial charge in [0.25, 0.3) is 0 Å². The van der Waals surface area contributed by atoms with E-state index in [4.69, 9.17) is 5.73 Å². The molecule has 0 aliphatic heterocycles. The average Bonchev–Trinajstić information content (AvgIpc) is 2.40. The summed E-state index contributed by atoms with van der Waals surface area (Å²) in [6, 6.07) is 13.9. The minimum absolute atomic E-state index is 0.502. The fraction of sp³-hybridized carbons (Fsp3) is 0.0667. The Bertz CT molecular complexity index is 751. The van der Waals surface area contributed by atoms with Gasteiger partial charge in [0, 0.05) is 15.4 Å². The lowest BCUT2D eigenvalue weighted by molar-refractivity contribution is 1.23. The second kappa shape index (κ2) is 4.63. The van der Waals surface area contributed by atoms with Crippen molar-refractivity contribution in [2.75, 3.05) is 5.73 Å². The van der Waals surface area contributed by atoms with Crippen LogP contribution < -0.4 is 5.73 Å². The van der Waals surface area contributed by atoms with Gasteiger partial charge in [-0.15, -0.1) is 0 Å². The van der Waals surface area contributed by atoms with Gasteiger partial charge in [0.05, 0.1) is 5.52 Å². The van der Waals surface area contributed by atoms with Crippen molar-refractivity contribution in [3.8, 4) is 11.4 Å². The molecule has 0 unspecified atom stereocenters. The summed E-state index contributed by atoms with van der Waals surface area (Å²) in [6.07, 6.45) is 0. The fourth-order valence-electron chi connectivity index (χ4n) is 1.96. The number of aryl methyl sites for hydroxylation is 1. The van der Waals surface area contributed by atoms with Gasteiger partial charge < -0.3 is 5.73 Å². The number of nitrogens with two attached hydrogens (primary N) is 1. The van der Waals surface area contributed by atoms with Gasteiger partial charge in [0.2, 0.25) is 0 Å². The van der Waals surface area contributed by atoms with E-state index in [2.05, 4.69) is 32.8 Å². The van der Waals surface area contributed by atoms with Crippen LogP contribution in [0.3, 0.4) is 0 Å². The van der Waals surface area contributed by atoms with E-state index in [1.807, 2.05) is 42.5 Å². The molecular formula is C15H12BrN3. The molecule has 4 heteroatoms. The second-order valence-electron chi connectivity index (χ2n) is 4.46. The van der Waals surface area contributed by atoms with Crippen molar-refractivity contribution in [3.05, 3.63) is 52.5 Å². The van der Waals surface area contributed by atoms with E-state index in [0.29, 0.717) is 11.6 Å². The van der Waals surface area contributed by atoms with Crippen molar-refractivity contribution in [3.63, 3.8) is 0 Å². The highest BCUT2D eigenvalue weighted by atomic mass is 79.9. The molecule has 0 spiro atoms. The van der Waals surface area contributed by atoms with Crippen LogP contribution >= 0.6 is 15.9 Å². The number of nitrogens with zero attached hydrogens (tertiary/aromatic N) is 2. The summed E-state index contributed by atoms with van der Waals surface area (Å²) in [6.45, 7) is 2.05. The third kappa shape index (κ3) is 2.31. The maximum Gasteiger partial charge on any atom is 0.162 e. The molecule has 1 aromatic heterocycles. The van der Waals surface area contributed by atoms with Gasteiger partial charge in [-0.1, -0.05) is 45.8 Å². The van der Waals surface area contributed by atoms with Crippen molar-refractivity contribution >= 4 is 32.7 Å². The van der Waals surface area contributed by atoms with Gasteiger partial charge in [-0.2, -0.15) is 0 Å². The van der Waals surface area contributed by atoms with E-state index >= 15 is 0 Å². The molecule has 0 saturated carbocycles. The molecule has 3 rings (SSSR count). The van der Waals surface area contributed by atoms with Crippen LogP contribution in [0.4, 0.5) is 5.82 Å². The molecule has 0 aliphatic carbocycles. The van der Waals surface area contributed by atoms with E-state index in [1.54, 1.807) is 0 Å². The third-order valence-corrected chi connectivity index (χ3v) is 3.49. The van der Waals surface area contributed by atoms with Crippen molar-refractivity contribution < 1.29 is 0 Å². The first-order valence-corrected chi connectivity index (χ1v) is 6.72. The maximum atomic E-state index is 6.02. The zero-order valence-electron chi connectivity index (χ0n) is 10.4. The Morgan fingerprint density at radius 2 is 1.74 bits per heavy atom. The molecule has 2 aromatic carbocycles. The van der Waals surface area contributed by atoms with E-state index in [1.165, 1.54) is 5.56 Å². The molecule has 0 saturated heterocycles. The van der Waals surface area contributed by atoms with Crippen LogP contribution in [0.1, 0.15) is 5.56 Å². The van der Waals surface area contributed by atoms with Crippen LogP contribution in [0.25, 0.3) is 22.3 Å². The van der Waals surface area contributed by atoms with Crippen LogP contribution in [-0.2, 0) is 0 Å². The summed E-state index contributed by atoms with van der Waals surface area (Å²) in [5.41, 5.74) is 9.06. The summed E-state index contributed by atoms with van der Waals surface area (Å²) in [5.74, 6) is 1.16. The van der Waals surface area contributed by atoms with Crippen LogP contribution in [0.5, 0.6) is 0 Å². The molecular weight excluding hydrogens is 302 g/mol. The zero-order valence-corrected chi connectivity index (χ0v) is 12.0. The van der Waals surface area contributed by atoms with Crippen molar-refractivity contribution in [2.45, 2.75) is 6.92 Å². The Morgan fingerprint density at radius 3 is 2.47 bits per heavy atom. The number of rotatable bonds is 1. The van der Waals surface area contributed by atoms with Crippen LogP contribution in [0, 0.1) is 6.92 Å². The highest BCUT2D eigenvalue weighted by Gasteiger charge is 2.07. The number of halogens is 1. The molecule has 2 N–H and O–H groups in total. The molecule has 0 bridgehead atoms. The van der Waals surface area contributed by atoms with E-state index < -0.39 is 0 Å². The van der Waals surface area contributed by atoms with Gasteiger partial charge in [-0.3, -0.25) is 0 Å². The lowest BCUT2D eigenvalue weighted by atomic mass is 10.1. The predicted octanol–water partition coefficient (Wildman–Crippen LogP) is 3.95. The first-order chi connectivity index (χ1) is 9.13. The lowest BCUT2D eigenvalue weighted by Gasteiger charge is -2.06. The normalized spacial score (nSPS) is 10.8. The minimum Gasteiger partial charge on any atom is -0.383 e. The molecule has 0 radical (unpaired) electrons. The smallest absolute Gasteiger partial charge is 0.162 e. The molecule has 0 atom stereocenters. The Morgan fingerprint density at radius 1 is 1.00 bits per heavy atom. The van der Waals surface area contributed by atoms with Gasteiger partial charge in [0.15, 0.2) is 5.82 Å². The number of benzene rings is 2. The quantitative estimate of drug-likeness (QED) is 0.740. The molecule has 94 valence electrons. The van der Waals surface area contributed by atoms with Crippen LogP contribution in [0.15, 0.2) is 46.9 Å². The highest BCUT2D eigenvalue weighted by molar-refractivity contribution is 9.10. The van der Waals surface area contributed by atoms with Crippen molar-refractivity contribution in [1.82, 2.24) is 9.97 Å². The van der Waals surface area contributed by atoms with Crippen LogP contribution in [0.2, 0.25) is 0 Å². The van der Waals surface area contributed by atoms with Gasteiger partial charge in [0.1, 0.15) is 5.82 Å². The Kier molecular flexibility index (Phi) is 2.95. The van der Waals surface area contributed by atoms with E-state index in [0.717, 1.165) is 20.9 Å². The van der Waals surface area contributed by atoms with E-state index in [-0.39, 0.29) is 0 Å². The summed E-state index contributed by atoms with van der Waals surface area (Å²) in [4.78, 5) is 8.95. The van der Waals surface area contributed by atoms with Crippen molar-refractivity contribution in [2.24, 2.45) is 0 Å². The summed E-state index contributed by atoms with van der Waals surface area (Å²) in [7, 11) is 0. The summed E-state index contributed by atoms with van der Waals surface area (Å²) in [5, 5.41) is 0.866. The fourth-order valence-corrected chi connectivity index (χ4v) is 2.32. The number of hydrogen-bond acceptors (Lipinski definition) is 3. The van der Waals surface area contributed by atoms with Gasteiger partial charge >= 0.3 is 0 Å². The second-order valence-corrected chi connectivity index (χ2v) is 5.38. The number of aromatic nitrogens is 2. The number of fused-ring (bicyclic) bond motifs is 1. The topological polar surface area (TPSA) is 51.8 Å². The van der Waals surface area contributed by atoms with Gasteiger partial charge in [-0.25, -0.2) is 9.97 Å². The Balaban J connectivity index is 2.20. The number of anilines is 1. The third-order valence-electron chi connectivity index (χ3n) is 3.00. The van der Waals surface area contributed by atoms with Crippen molar-refractivity contribution in [1.29, 1.82) is 0 Å². The zero-order chi connectivity index (χ0) is 13.4. The van der Waals surface area contributed by atoms with E-state index in [9.17, 15) is 0 Å². The SMILES string of the molecule is Cc1ccc(-c2nc(N)c3cc(Br)ccc3n2)cc1. The summed E-state index contributed by atoms with van der Waals surface area (Å²) < 4.78 is 0.971. The Hall–Kier alpha value is -1.94. The average molecular weight is 314 g/mol. The molecule has 3 nitrogen and oxygen atoms in total. The standard InChI is InChI=1S/C15H12BrN3/c1-9-2-4-10(5-3-9)15-18-13-7-6-11(16)8-12(13)14(17)19-15/h2-8H,1H3,(H2,17,18,19). The van der Waals surface area contributed by atoms with Gasteiger partial charge in [-0.05, 0) is 25.1 Å². The molecule has 1 heterocycles. The first-order valence-electron chi connectivity index (χ1n) is 5.93. The lowest BCUT2D eigenvalue weighted by Crippen LogP contribution is -1.97. The molecule has 0 aliphatic rings. The largest absolute Gasteiger partial charge is 0.383 e. The first kappa shape index (κ1) is 12.1. The minimum atomic E-state index is 0.502. The molecule has 3 aromatic rings. The van der Waals surface area contributed by atoms with Crippen LogP contribution in [-0.4, -0.2) is 9.97 Å². The Labute approximate surface area is 119 Å². The number of hydrogen-bond donors (Lipinski definition) is 1. The maximum absolute atomic E-state index is 6.02. The molecule has 0 amide bonds. The highest BCUT2D eigenvalue weighted by Crippen LogP contribution is 2.25. The molecule has 19 heavy (non-hydrogen) atoms. The molecule has 0 fully saturated rings. The monoisotopic (exact) mass is 313 g/mol. The number of nitrogen functional groups attached to an aromatic ring is 1.